The maximum atomic E-state index is 12.4. The van der Waals surface area contributed by atoms with Gasteiger partial charge in [-0.3, -0.25) is 4.79 Å². The summed E-state index contributed by atoms with van der Waals surface area (Å²) in [5.74, 6) is 0.0670. The predicted octanol–water partition coefficient (Wildman–Crippen LogP) is 1.53. The van der Waals surface area contributed by atoms with Crippen molar-refractivity contribution < 1.29 is 9.53 Å². The van der Waals surface area contributed by atoms with Crippen LogP contribution in [0.5, 0.6) is 0 Å². The van der Waals surface area contributed by atoms with Crippen LogP contribution in [0.3, 0.4) is 0 Å². The molecule has 0 spiro atoms. The molecule has 100 valence electrons. The minimum Gasteiger partial charge on any atom is -0.369 e. The third-order valence-electron chi connectivity index (χ3n) is 3.67. The monoisotopic (exact) mass is 242 g/mol. The van der Waals surface area contributed by atoms with Crippen molar-refractivity contribution in [1.82, 2.24) is 4.90 Å². The third kappa shape index (κ3) is 3.68. The minimum atomic E-state index is -0.743. The van der Waals surface area contributed by atoms with E-state index >= 15 is 0 Å². The average Bonchev–Trinajstić information content (AvgIpc) is 2.36. The lowest BCUT2D eigenvalue weighted by Crippen LogP contribution is -2.52. The van der Waals surface area contributed by atoms with E-state index in [1.54, 1.807) is 7.11 Å². The summed E-state index contributed by atoms with van der Waals surface area (Å²) in [5.41, 5.74) is 4.88. The number of ether oxygens (including phenoxy) is 1. The molecular formula is C13H26N2O2. The Bertz CT molecular complexity index is 248. The van der Waals surface area contributed by atoms with Crippen LogP contribution in [0.15, 0.2) is 0 Å². The minimum absolute atomic E-state index is 0.0670. The van der Waals surface area contributed by atoms with E-state index in [0.717, 1.165) is 12.8 Å². The maximum absolute atomic E-state index is 12.4. The van der Waals surface area contributed by atoms with Gasteiger partial charge in [0.1, 0.15) is 5.60 Å². The van der Waals surface area contributed by atoms with Crippen molar-refractivity contribution in [2.24, 2.45) is 5.73 Å². The molecule has 1 amide bonds. The zero-order valence-corrected chi connectivity index (χ0v) is 11.4. The Morgan fingerprint density at radius 2 is 1.94 bits per heavy atom. The van der Waals surface area contributed by atoms with Gasteiger partial charge in [-0.2, -0.15) is 0 Å². The van der Waals surface area contributed by atoms with Crippen molar-refractivity contribution in [1.29, 1.82) is 0 Å². The Morgan fingerprint density at radius 1 is 1.35 bits per heavy atom. The number of hydrogen-bond donors (Lipinski definition) is 1. The number of carbonyl (C=O) groups excluding carboxylic acids is 1. The normalized spacial score (nSPS) is 18.1. The molecule has 4 heteroatoms. The summed E-state index contributed by atoms with van der Waals surface area (Å²) < 4.78 is 5.29. The fraction of sp³-hybridized carbons (Fsp3) is 0.923. The molecule has 0 aromatic carbocycles. The van der Waals surface area contributed by atoms with Crippen LogP contribution in [0.1, 0.15) is 46.0 Å². The van der Waals surface area contributed by atoms with Gasteiger partial charge in [-0.25, -0.2) is 0 Å². The molecule has 0 atom stereocenters. The molecule has 1 saturated carbocycles. The van der Waals surface area contributed by atoms with Gasteiger partial charge in [-0.15, -0.1) is 0 Å². The zero-order valence-electron chi connectivity index (χ0n) is 11.4. The average molecular weight is 242 g/mol. The molecule has 1 aliphatic rings. The molecule has 0 heterocycles. The van der Waals surface area contributed by atoms with E-state index in [1.165, 1.54) is 19.3 Å². The number of carbonyl (C=O) groups is 1. The van der Waals surface area contributed by atoms with Gasteiger partial charge in [-0.1, -0.05) is 19.3 Å². The van der Waals surface area contributed by atoms with Crippen molar-refractivity contribution in [3.63, 3.8) is 0 Å². The fourth-order valence-electron chi connectivity index (χ4n) is 2.41. The molecule has 0 aliphatic heterocycles. The molecular weight excluding hydrogens is 216 g/mol. The SMILES string of the molecule is COC(C)(C)C(=O)N(CCN)C1CCCCC1. The molecule has 0 saturated heterocycles. The Kier molecular flexibility index (Phi) is 5.40. The first-order chi connectivity index (χ1) is 8.03. The van der Waals surface area contributed by atoms with Crippen LogP contribution in [0, 0.1) is 0 Å². The van der Waals surface area contributed by atoms with E-state index in [1.807, 2.05) is 18.7 Å². The number of hydrogen-bond acceptors (Lipinski definition) is 3. The molecule has 1 aliphatic carbocycles. The van der Waals surface area contributed by atoms with Crippen molar-refractivity contribution in [2.45, 2.75) is 57.6 Å². The summed E-state index contributed by atoms with van der Waals surface area (Å²) in [6, 6.07) is 0.356. The molecule has 1 fully saturated rings. The Labute approximate surface area is 104 Å². The Morgan fingerprint density at radius 3 is 2.41 bits per heavy atom. The number of amides is 1. The van der Waals surface area contributed by atoms with E-state index in [0.29, 0.717) is 19.1 Å². The largest absolute Gasteiger partial charge is 0.369 e. The van der Waals surface area contributed by atoms with Gasteiger partial charge in [-0.05, 0) is 26.7 Å². The van der Waals surface area contributed by atoms with Crippen LogP contribution < -0.4 is 5.73 Å². The van der Waals surface area contributed by atoms with Crippen molar-refractivity contribution in [3.8, 4) is 0 Å². The highest BCUT2D eigenvalue weighted by Gasteiger charge is 2.35. The van der Waals surface area contributed by atoms with Crippen molar-refractivity contribution in [2.75, 3.05) is 20.2 Å². The molecule has 0 unspecified atom stereocenters. The highest BCUT2D eigenvalue weighted by Crippen LogP contribution is 2.25. The second-order valence-corrected chi connectivity index (χ2v) is 5.29. The lowest BCUT2D eigenvalue weighted by molar-refractivity contribution is -0.154. The number of methoxy groups -OCH3 is 1. The molecule has 17 heavy (non-hydrogen) atoms. The highest BCUT2D eigenvalue weighted by molar-refractivity contribution is 5.84. The quantitative estimate of drug-likeness (QED) is 0.795. The lowest BCUT2D eigenvalue weighted by atomic mass is 9.93. The third-order valence-corrected chi connectivity index (χ3v) is 3.67. The van der Waals surface area contributed by atoms with Crippen LogP contribution in [0.4, 0.5) is 0 Å². The van der Waals surface area contributed by atoms with Crippen LogP contribution in [-0.4, -0.2) is 42.6 Å². The first-order valence-corrected chi connectivity index (χ1v) is 6.59. The molecule has 0 bridgehead atoms. The van der Waals surface area contributed by atoms with Gasteiger partial charge in [0.2, 0.25) is 0 Å². The first-order valence-electron chi connectivity index (χ1n) is 6.59. The topological polar surface area (TPSA) is 55.6 Å². The van der Waals surface area contributed by atoms with Gasteiger partial charge in [0.05, 0.1) is 0 Å². The van der Waals surface area contributed by atoms with E-state index < -0.39 is 5.60 Å². The van der Waals surface area contributed by atoms with Gasteiger partial charge in [0.15, 0.2) is 0 Å². The number of rotatable bonds is 5. The van der Waals surface area contributed by atoms with Gasteiger partial charge < -0.3 is 15.4 Å². The van der Waals surface area contributed by atoms with Crippen molar-refractivity contribution >= 4 is 5.91 Å². The summed E-state index contributed by atoms with van der Waals surface area (Å²) in [6.45, 7) is 4.79. The van der Waals surface area contributed by atoms with Crippen LogP contribution >= 0.6 is 0 Å². The van der Waals surface area contributed by atoms with Crippen LogP contribution in [0.2, 0.25) is 0 Å². The zero-order chi connectivity index (χ0) is 12.9. The summed E-state index contributed by atoms with van der Waals surface area (Å²) in [5, 5.41) is 0. The second-order valence-electron chi connectivity index (χ2n) is 5.29. The number of nitrogens with zero attached hydrogens (tertiary/aromatic N) is 1. The highest BCUT2D eigenvalue weighted by atomic mass is 16.5. The van der Waals surface area contributed by atoms with Gasteiger partial charge in [0.25, 0.3) is 5.91 Å². The van der Waals surface area contributed by atoms with Crippen LogP contribution in [-0.2, 0) is 9.53 Å². The smallest absolute Gasteiger partial charge is 0.254 e. The van der Waals surface area contributed by atoms with Gasteiger partial charge >= 0.3 is 0 Å². The molecule has 1 rings (SSSR count). The van der Waals surface area contributed by atoms with Gasteiger partial charge in [0, 0.05) is 26.2 Å². The molecule has 0 radical (unpaired) electrons. The standard InChI is InChI=1S/C13H26N2O2/c1-13(2,17-3)12(16)15(10-9-14)11-7-5-4-6-8-11/h11H,4-10,14H2,1-3H3. The van der Waals surface area contributed by atoms with E-state index in [-0.39, 0.29) is 5.91 Å². The maximum Gasteiger partial charge on any atom is 0.254 e. The first kappa shape index (κ1) is 14.5. The van der Waals surface area contributed by atoms with E-state index in [4.69, 9.17) is 10.5 Å². The lowest BCUT2D eigenvalue weighted by Gasteiger charge is -2.38. The Balaban J connectivity index is 2.73. The number of nitrogens with two attached hydrogens (primary N) is 1. The molecule has 4 nitrogen and oxygen atoms in total. The molecule has 2 N–H and O–H groups in total. The van der Waals surface area contributed by atoms with E-state index in [9.17, 15) is 4.79 Å². The second kappa shape index (κ2) is 6.36. The summed E-state index contributed by atoms with van der Waals surface area (Å²) >= 11 is 0. The predicted molar refractivity (Wildman–Crippen MR) is 68.7 cm³/mol. The van der Waals surface area contributed by atoms with Crippen LogP contribution in [0.25, 0.3) is 0 Å². The summed E-state index contributed by atoms with van der Waals surface area (Å²) in [6.07, 6.45) is 5.92. The summed E-state index contributed by atoms with van der Waals surface area (Å²) in [7, 11) is 1.58. The molecule has 0 aromatic heterocycles. The van der Waals surface area contributed by atoms with Crippen molar-refractivity contribution in [3.05, 3.63) is 0 Å². The summed E-state index contributed by atoms with van der Waals surface area (Å²) in [4.78, 5) is 14.4. The fourth-order valence-corrected chi connectivity index (χ4v) is 2.41. The molecule has 0 aromatic rings. The Hall–Kier alpha value is -0.610. The van der Waals surface area contributed by atoms with E-state index in [2.05, 4.69) is 0 Å².